The van der Waals surface area contributed by atoms with Gasteiger partial charge in [-0.2, -0.15) is 0 Å². The van der Waals surface area contributed by atoms with Gasteiger partial charge in [0.05, 0.1) is 6.08 Å². The van der Waals surface area contributed by atoms with E-state index >= 15 is 0 Å². The van der Waals surface area contributed by atoms with Gasteiger partial charge in [-0.15, -0.1) is 0 Å². The Morgan fingerprint density at radius 3 is 2.07 bits per heavy atom. The summed E-state index contributed by atoms with van der Waals surface area (Å²) in [5, 5.41) is 92.8. The first-order chi connectivity index (χ1) is 21.6. The van der Waals surface area contributed by atoms with Crippen LogP contribution in [0, 0.1) is 5.92 Å². The normalized spacial score (nSPS) is 24.8. The summed E-state index contributed by atoms with van der Waals surface area (Å²) >= 11 is 0. The third-order valence-corrected chi connectivity index (χ3v) is 7.48. The lowest BCUT2D eigenvalue weighted by Gasteiger charge is -2.50. The number of aliphatic carboxylic acids is 1. The van der Waals surface area contributed by atoms with Crippen molar-refractivity contribution in [2.75, 3.05) is 0 Å². The summed E-state index contributed by atoms with van der Waals surface area (Å²) in [6.07, 6.45) is -3.69. The van der Waals surface area contributed by atoms with Crippen molar-refractivity contribution in [1.82, 2.24) is 0 Å². The van der Waals surface area contributed by atoms with E-state index in [4.69, 9.17) is 9.47 Å². The van der Waals surface area contributed by atoms with Crippen molar-refractivity contribution < 1.29 is 69.8 Å². The van der Waals surface area contributed by atoms with Crippen LogP contribution < -0.4 is 0 Å². The summed E-state index contributed by atoms with van der Waals surface area (Å²) in [6.45, 7) is 0. The molecule has 9 N–H and O–H groups in total. The largest absolute Gasteiger partial charge is 0.507 e. The summed E-state index contributed by atoms with van der Waals surface area (Å²) in [4.78, 5) is 38.4. The summed E-state index contributed by atoms with van der Waals surface area (Å²) in [6, 6.07) is 14.6. The molecular formula is C32H30O14. The fraction of sp³-hybridized carbons (Fsp3) is 0.219. The molecular weight excluding hydrogens is 608 g/mol. The highest BCUT2D eigenvalue weighted by molar-refractivity contribution is 5.90. The van der Waals surface area contributed by atoms with E-state index in [0.29, 0.717) is 11.6 Å². The Labute approximate surface area is 260 Å². The third-order valence-electron chi connectivity index (χ3n) is 7.48. The van der Waals surface area contributed by atoms with Gasteiger partial charge in [0.25, 0.3) is 5.79 Å². The highest BCUT2D eigenvalue weighted by Crippen LogP contribution is 2.44. The number of aliphatic hydroxyl groups is 4. The standard InChI is InChI=1S/C32H30O14/c33-21-9-6-18(13-24(21)36)7-11-27(39)46-32(44)26(38)16-31(43,30(41)42)20(12-17-4-2-1-3-5-17)29(32)45-28(40)15-23(35)19-8-10-22(34)25(37)14-19/h1-11,13-15,20,26,29,33-38,43-44H,12,16H2,(H,41,42)/b11-7+,23-15-/t20-,26-,29-,31-,32+/m1/s1. The minimum absolute atomic E-state index is 0.161. The lowest BCUT2D eigenvalue weighted by molar-refractivity contribution is -0.330. The number of benzene rings is 3. The molecule has 14 nitrogen and oxygen atoms in total. The molecule has 5 atom stereocenters. The monoisotopic (exact) mass is 638 g/mol. The van der Waals surface area contributed by atoms with Crippen molar-refractivity contribution in [3.63, 3.8) is 0 Å². The topological polar surface area (TPSA) is 252 Å². The number of carboxylic acid groups (broad SMARTS) is 1. The van der Waals surface area contributed by atoms with Gasteiger partial charge in [0, 0.05) is 24.0 Å². The van der Waals surface area contributed by atoms with Crippen LogP contribution in [-0.2, 0) is 30.3 Å². The molecule has 0 amide bonds. The molecule has 242 valence electrons. The van der Waals surface area contributed by atoms with Crippen molar-refractivity contribution in [2.24, 2.45) is 5.92 Å². The Morgan fingerprint density at radius 1 is 0.826 bits per heavy atom. The SMILES string of the molecule is O=C(/C=C(\O)c1ccc(O)c(O)c1)O[C@@H]1[C@@H](Cc2ccccc2)[C@@](O)(C(=O)O)C[C@@H](O)[C@]1(O)OC(=O)/C=C/c1ccc(O)c(O)c1. The van der Waals surface area contributed by atoms with Crippen molar-refractivity contribution in [2.45, 2.75) is 36.4 Å². The van der Waals surface area contributed by atoms with E-state index in [2.05, 4.69) is 0 Å². The van der Waals surface area contributed by atoms with Crippen molar-refractivity contribution in [1.29, 1.82) is 0 Å². The number of aliphatic hydroxyl groups excluding tert-OH is 2. The van der Waals surface area contributed by atoms with Crippen LogP contribution in [-0.4, -0.2) is 87.5 Å². The summed E-state index contributed by atoms with van der Waals surface area (Å²) in [5.41, 5.74) is -2.39. The van der Waals surface area contributed by atoms with Crippen LogP contribution in [0.4, 0.5) is 0 Å². The van der Waals surface area contributed by atoms with Crippen LogP contribution in [0.25, 0.3) is 11.8 Å². The number of hydrogen-bond acceptors (Lipinski definition) is 13. The predicted molar refractivity (Wildman–Crippen MR) is 157 cm³/mol. The van der Waals surface area contributed by atoms with Gasteiger partial charge in [-0.05, 0) is 54.0 Å². The fourth-order valence-corrected chi connectivity index (χ4v) is 5.04. The first-order valence-electron chi connectivity index (χ1n) is 13.6. The Hall–Kier alpha value is -5.57. The molecule has 0 bridgehead atoms. The van der Waals surface area contributed by atoms with Crippen molar-refractivity contribution in [3.05, 3.63) is 95.6 Å². The maximum atomic E-state index is 13.1. The second-order valence-corrected chi connectivity index (χ2v) is 10.6. The number of carbonyl (C=O) groups is 3. The maximum absolute atomic E-state index is 13.1. The van der Waals surface area contributed by atoms with E-state index in [1.807, 2.05) is 0 Å². The molecule has 46 heavy (non-hydrogen) atoms. The number of aromatic hydroxyl groups is 4. The molecule has 1 saturated carbocycles. The molecule has 0 aliphatic heterocycles. The lowest BCUT2D eigenvalue weighted by Crippen LogP contribution is -2.71. The Kier molecular flexibility index (Phi) is 9.56. The van der Waals surface area contributed by atoms with Crippen LogP contribution in [0.1, 0.15) is 23.1 Å². The van der Waals surface area contributed by atoms with Gasteiger partial charge in [0.2, 0.25) is 0 Å². The summed E-state index contributed by atoms with van der Waals surface area (Å²) in [7, 11) is 0. The van der Waals surface area contributed by atoms with E-state index in [0.717, 1.165) is 42.5 Å². The number of hydrogen-bond donors (Lipinski definition) is 9. The fourth-order valence-electron chi connectivity index (χ4n) is 5.04. The zero-order chi connectivity index (χ0) is 33.8. The Bertz CT molecular complexity index is 1680. The second kappa shape index (κ2) is 13.2. The van der Waals surface area contributed by atoms with Gasteiger partial charge in [0.1, 0.15) is 11.9 Å². The minimum atomic E-state index is -3.16. The Morgan fingerprint density at radius 2 is 1.46 bits per heavy atom. The number of rotatable bonds is 9. The molecule has 0 radical (unpaired) electrons. The van der Waals surface area contributed by atoms with Gasteiger partial charge in [-0.3, -0.25) is 0 Å². The summed E-state index contributed by atoms with van der Waals surface area (Å²) < 4.78 is 10.5. The maximum Gasteiger partial charge on any atom is 0.336 e. The van der Waals surface area contributed by atoms with E-state index in [9.17, 15) is 60.3 Å². The zero-order valence-corrected chi connectivity index (χ0v) is 23.8. The zero-order valence-electron chi connectivity index (χ0n) is 23.8. The van der Waals surface area contributed by atoms with Crippen molar-refractivity contribution >= 4 is 29.7 Å². The molecule has 4 rings (SSSR count). The molecule has 0 heterocycles. The number of phenols is 4. The van der Waals surface area contributed by atoms with Gasteiger partial charge < -0.3 is 55.4 Å². The van der Waals surface area contributed by atoms with E-state index < -0.39 is 82.6 Å². The minimum Gasteiger partial charge on any atom is -0.507 e. The highest BCUT2D eigenvalue weighted by atomic mass is 16.7. The third kappa shape index (κ3) is 7.04. The summed E-state index contributed by atoms with van der Waals surface area (Å²) in [5.74, 6) is -12.4. The van der Waals surface area contributed by atoms with Crippen molar-refractivity contribution in [3.8, 4) is 23.0 Å². The van der Waals surface area contributed by atoms with Crippen LogP contribution in [0.15, 0.2) is 78.9 Å². The van der Waals surface area contributed by atoms with Crippen LogP contribution in [0.2, 0.25) is 0 Å². The van der Waals surface area contributed by atoms with Crippen LogP contribution >= 0.6 is 0 Å². The average molecular weight is 639 g/mol. The molecule has 0 unspecified atom stereocenters. The van der Waals surface area contributed by atoms with Gasteiger partial charge in [0.15, 0.2) is 34.7 Å². The quantitative estimate of drug-likeness (QED) is 0.0532. The van der Waals surface area contributed by atoms with E-state index in [1.54, 1.807) is 30.3 Å². The molecule has 0 saturated heterocycles. The molecule has 14 heteroatoms. The average Bonchev–Trinajstić information content (AvgIpc) is 3.00. The van der Waals surface area contributed by atoms with Gasteiger partial charge in [-0.1, -0.05) is 36.4 Å². The van der Waals surface area contributed by atoms with Gasteiger partial charge >= 0.3 is 17.9 Å². The van der Waals surface area contributed by atoms with Crippen LogP contribution in [0.3, 0.4) is 0 Å². The number of carboxylic acids is 1. The smallest absolute Gasteiger partial charge is 0.336 e. The number of carbonyl (C=O) groups excluding carboxylic acids is 2. The lowest BCUT2D eigenvalue weighted by atomic mass is 9.67. The number of esters is 2. The second-order valence-electron chi connectivity index (χ2n) is 10.6. The van der Waals surface area contributed by atoms with Gasteiger partial charge in [-0.25, -0.2) is 14.4 Å². The Balaban J connectivity index is 1.74. The molecule has 1 aliphatic carbocycles. The first kappa shape index (κ1) is 33.3. The predicted octanol–water partition coefficient (Wildman–Crippen LogP) is 1.70. The first-order valence-corrected chi connectivity index (χ1v) is 13.6. The molecule has 0 spiro atoms. The molecule has 1 fully saturated rings. The molecule has 1 aliphatic rings. The molecule has 3 aromatic rings. The van der Waals surface area contributed by atoms with E-state index in [-0.39, 0.29) is 17.5 Å². The molecule has 3 aromatic carbocycles. The van der Waals surface area contributed by atoms with Crippen LogP contribution in [0.5, 0.6) is 23.0 Å². The highest BCUT2D eigenvalue weighted by Gasteiger charge is 2.66. The molecule has 0 aromatic heterocycles. The number of phenolic OH excluding ortho intramolecular Hbond substituents is 4. The number of ether oxygens (including phenoxy) is 2. The van der Waals surface area contributed by atoms with E-state index in [1.165, 1.54) is 6.07 Å².